The van der Waals surface area contributed by atoms with E-state index in [0.29, 0.717) is 18.8 Å². The van der Waals surface area contributed by atoms with Gasteiger partial charge < -0.3 is 15.1 Å². The standard InChI is InChI=1S/C8H11N3O3/c12-6-3-11(4-7(6)13)5-1-8(14)10-9-2-5/h1-2,6-7,12-13H,3-4H2,(H,10,14). The van der Waals surface area contributed by atoms with E-state index in [1.165, 1.54) is 12.3 Å². The monoisotopic (exact) mass is 197 g/mol. The number of nitrogens with zero attached hydrogens (tertiary/aromatic N) is 2. The second-order valence-corrected chi connectivity index (χ2v) is 3.34. The molecule has 0 radical (unpaired) electrons. The largest absolute Gasteiger partial charge is 0.389 e. The van der Waals surface area contributed by atoms with Crippen LogP contribution in [-0.4, -0.2) is 45.7 Å². The minimum absolute atomic E-state index is 0.293. The van der Waals surface area contributed by atoms with Gasteiger partial charge in [0, 0.05) is 19.2 Å². The molecule has 0 bridgehead atoms. The third kappa shape index (κ3) is 1.61. The summed E-state index contributed by atoms with van der Waals surface area (Å²) in [4.78, 5) is 12.7. The fourth-order valence-corrected chi connectivity index (χ4v) is 1.52. The lowest BCUT2D eigenvalue weighted by Gasteiger charge is -2.15. The first-order valence-electron chi connectivity index (χ1n) is 4.32. The number of aromatic nitrogens is 2. The minimum Gasteiger partial charge on any atom is -0.389 e. The van der Waals surface area contributed by atoms with Gasteiger partial charge in [-0.25, -0.2) is 5.10 Å². The van der Waals surface area contributed by atoms with Crippen LogP contribution in [0.2, 0.25) is 0 Å². The number of β-amino-alcohol motifs (C(OH)–C–C–N with tert-alkyl or cyclic N) is 2. The van der Waals surface area contributed by atoms with E-state index in [4.69, 9.17) is 0 Å². The Morgan fingerprint density at radius 2 is 2.07 bits per heavy atom. The third-order valence-electron chi connectivity index (χ3n) is 2.27. The van der Waals surface area contributed by atoms with Crippen molar-refractivity contribution in [1.29, 1.82) is 0 Å². The molecule has 1 aliphatic rings. The Kier molecular flexibility index (Phi) is 2.22. The lowest BCUT2D eigenvalue weighted by Crippen LogP contribution is -2.23. The SMILES string of the molecule is O=c1cc(N2CC(O)C(O)C2)cn[nH]1. The van der Waals surface area contributed by atoms with Crippen molar-refractivity contribution in [2.75, 3.05) is 18.0 Å². The van der Waals surface area contributed by atoms with Gasteiger partial charge in [-0.2, -0.15) is 5.10 Å². The van der Waals surface area contributed by atoms with Gasteiger partial charge in [0.15, 0.2) is 0 Å². The van der Waals surface area contributed by atoms with Gasteiger partial charge in [0.2, 0.25) is 0 Å². The highest BCUT2D eigenvalue weighted by atomic mass is 16.3. The highest BCUT2D eigenvalue weighted by Crippen LogP contribution is 2.17. The van der Waals surface area contributed by atoms with Crippen molar-refractivity contribution in [1.82, 2.24) is 10.2 Å². The Morgan fingerprint density at radius 1 is 1.43 bits per heavy atom. The molecule has 6 nitrogen and oxygen atoms in total. The summed E-state index contributed by atoms with van der Waals surface area (Å²) < 4.78 is 0. The number of H-pyrrole nitrogens is 1. The molecule has 14 heavy (non-hydrogen) atoms. The molecule has 1 aromatic rings. The van der Waals surface area contributed by atoms with Gasteiger partial charge in [-0.3, -0.25) is 4.79 Å². The number of hydrogen-bond acceptors (Lipinski definition) is 5. The first-order valence-corrected chi connectivity index (χ1v) is 4.32. The summed E-state index contributed by atoms with van der Waals surface area (Å²) in [5.41, 5.74) is 0.322. The quantitative estimate of drug-likeness (QED) is 0.500. The van der Waals surface area contributed by atoms with Crippen molar-refractivity contribution in [3.63, 3.8) is 0 Å². The maximum absolute atomic E-state index is 10.9. The van der Waals surface area contributed by atoms with Crippen molar-refractivity contribution in [2.45, 2.75) is 12.2 Å². The zero-order chi connectivity index (χ0) is 10.1. The van der Waals surface area contributed by atoms with E-state index in [0.717, 1.165) is 0 Å². The van der Waals surface area contributed by atoms with E-state index >= 15 is 0 Å². The molecule has 2 atom stereocenters. The average molecular weight is 197 g/mol. The molecule has 3 N–H and O–H groups in total. The molecule has 0 aromatic carbocycles. The number of nitrogens with one attached hydrogen (secondary N) is 1. The van der Waals surface area contributed by atoms with Crippen molar-refractivity contribution >= 4 is 5.69 Å². The molecular formula is C8H11N3O3. The fourth-order valence-electron chi connectivity index (χ4n) is 1.52. The van der Waals surface area contributed by atoms with Crippen molar-refractivity contribution in [2.24, 2.45) is 0 Å². The molecule has 0 spiro atoms. The van der Waals surface area contributed by atoms with Crippen LogP contribution in [0.15, 0.2) is 17.1 Å². The zero-order valence-corrected chi connectivity index (χ0v) is 7.42. The van der Waals surface area contributed by atoms with E-state index in [-0.39, 0.29) is 5.56 Å². The molecule has 76 valence electrons. The smallest absolute Gasteiger partial charge is 0.266 e. The van der Waals surface area contributed by atoms with E-state index in [2.05, 4.69) is 10.2 Å². The summed E-state index contributed by atoms with van der Waals surface area (Å²) in [6, 6.07) is 1.39. The van der Waals surface area contributed by atoms with Crippen LogP contribution in [-0.2, 0) is 0 Å². The number of aromatic amines is 1. The summed E-state index contributed by atoms with van der Waals surface area (Å²) in [7, 11) is 0. The Balaban J connectivity index is 2.21. The fraction of sp³-hybridized carbons (Fsp3) is 0.500. The Morgan fingerprint density at radius 3 is 2.64 bits per heavy atom. The number of aliphatic hydroxyl groups excluding tert-OH is 2. The Labute approximate surface area is 79.8 Å². The van der Waals surface area contributed by atoms with E-state index in [1.54, 1.807) is 4.90 Å². The number of rotatable bonds is 1. The molecule has 1 fully saturated rings. The van der Waals surface area contributed by atoms with Gasteiger partial charge in [0.25, 0.3) is 5.56 Å². The van der Waals surface area contributed by atoms with Crippen LogP contribution in [0.5, 0.6) is 0 Å². The Bertz CT molecular complexity index is 368. The first kappa shape index (κ1) is 9.17. The second-order valence-electron chi connectivity index (χ2n) is 3.34. The van der Waals surface area contributed by atoms with Crippen LogP contribution in [0.25, 0.3) is 0 Å². The van der Waals surface area contributed by atoms with Crippen LogP contribution in [0.1, 0.15) is 0 Å². The molecule has 0 saturated carbocycles. The predicted molar refractivity (Wildman–Crippen MR) is 49.1 cm³/mol. The van der Waals surface area contributed by atoms with Gasteiger partial charge in [0.05, 0.1) is 24.1 Å². The van der Waals surface area contributed by atoms with E-state index in [9.17, 15) is 15.0 Å². The van der Waals surface area contributed by atoms with Crippen molar-refractivity contribution in [3.05, 3.63) is 22.6 Å². The van der Waals surface area contributed by atoms with Gasteiger partial charge in [0.1, 0.15) is 0 Å². The molecule has 0 aliphatic carbocycles. The van der Waals surface area contributed by atoms with Crippen LogP contribution in [0.3, 0.4) is 0 Å². The molecule has 6 heteroatoms. The lowest BCUT2D eigenvalue weighted by atomic mass is 10.3. The number of aliphatic hydroxyl groups is 2. The number of hydrogen-bond donors (Lipinski definition) is 3. The lowest BCUT2D eigenvalue weighted by molar-refractivity contribution is 0.0572. The molecule has 2 heterocycles. The van der Waals surface area contributed by atoms with Gasteiger partial charge in [-0.15, -0.1) is 0 Å². The third-order valence-corrected chi connectivity index (χ3v) is 2.27. The van der Waals surface area contributed by atoms with E-state index in [1.807, 2.05) is 0 Å². The van der Waals surface area contributed by atoms with Gasteiger partial charge in [-0.1, -0.05) is 0 Å². The molecule has 1 aliphatic heterocycles. The van der Waals surface area contributed by atoms with Gasteiger partial charge >= 0.3 is 0 Å². The maximum atomic E-state index is 10.9. The van der Waals surface area contributed by atoms with Crippen LogP contribution in [0.4, 0.5) is 5.69 Å². The average Bonchev–Trinajstić information content (AvgIpc) is 2.47. The molecule has 1 aromatic heterocycles. The summed E-state index contributed by atoms with van der Waals surface area (Å²) in [5, 5.41) is 24.5. The zero-order valence-electron chi connectivity index (χ0n) is 7.42. The maximum Gasteiger partial charge on any atom is 0.266 e. The summed E-state index contributed by atoms with van der Waals surface area (Å²) in [5.74, 6) is 0. The highest BCUT2D eigenvalue weighted by Gasteiger charge is 2.29. The van der Waals surface area contributed by atoms with E-state index < -0.39 is 12.2 Å². The second kappa shape index (κ2) is 3.39. The topological polar surface area (TPSA) is 89.5 Å². The Hall–Kier alpha value is -1.40. The van der Waals surface area contributed by atoms with Crippen LogP contribution in [0, 0.1) is 0 Å². The molecule has 1 saturated heterocycles. The van der Waals surface area contributed by atoms with Gasteiger partial charge in [-0.05, 0) is 0 Å². The molecule has 2 rings (SSSR count). The molecular weight excluding hydrogens is 186 g/mol. The first-order chi connectivity index (χ1) is 6.66. The van der Waals surface area contributed by atoms with Crippen LogP contribution < -0.4 is 10.5 Å². The number of anilines is 1. The summed E-state index contributed by atoms with van der Waals surface area (Å²) in [6.45, 7) is 0.651. The normalized spacial score (nSPS) is 26.9. The summed E-state index contributed by atoms with van der Waals surface area (Å²) >= 11 is 0. The van der Waals surface area contributed by atoms with Crippen LogP contribution >= 0.6 is 0 Å². The minimum atomic E-state index is -0.755. The highest BCUT2D eigenvalue weighted by molar-refractivity contribution is 5.44. The predicted octanol–water partition coefficient (Wildman–Crippen LogP) is -1.69. The molecule has 0 amide bonds. The summed E-state index contributed by atoms with van der Waals surface area (Å²) in [6.07, 6.45) is -0.0184. The van der Waals surface area contributed by atoms with Crippen molar-refractivity contribution < 1.29 is 10.2 Å². The van der Waals surface area contributed by atoms with Crippen molar-refractivity contribution in [3.8, 4) is 0 Å². The molecule has 2 unspecified atom stereocenters.